The summed E-state index contributed by atoms with van der Waals surface area (Å²) >= 11 is 0. The van der Waals surface area contributed by atoms with Crippen LogP contribution < -0.4 is 0 Å². The van der Waals surface area contributed by atoms with Gasteiger partial charge in [-0.2, -0.15) is 0 Å². The highest BCUT2D eigenvalue weighted by Gasteiger charge is 2.19. The first-order valence-corrected chi connectivity index (χ1v) is 6.79. The molecule has 0 saturated heterocycles. The van der Waals surface area contributed by atoms with Crippen LogP contribution >= 0.6 is 15.6 Å². The van der Waals surface area contributed by atoms with E-state index in [0.29, 0.717) is 0 Å². The molecule has 0 aliphatic rings. The molecule has 0 aromatic rings. The van der Waals surface area contributed by atoms with Crippen LogP contribution in [0.15, 0.2) is 0 Å². The van der Waals surface area contributed by atoms with Crippen LogP contribution in [0.25, 0.3) is 0 Å². The predicted octanol–water partition coefficient (Wildman–Crippen LogP) is 0.213. The van der Waals surface area contributed by atoms with E-state index in [9.17, 15) is 4.57 Å². The van der Waals surface area contributed by atoms with Gasteiger partial charge < -0.3 is 24.5 Å². The van der Waals surface area contributed by atoms with Gasteiger partial charge >= 0.3 is 15.6 Å². The molecule has 8 nitrogen and oxygen atoms in total. The van der Waals surface area contributed by atoms with Crippen LogP contribution in [-0.4, -0.2) is 31.1 Å². The molecule has 0 rings (SSSR count). The van der Waals surface area contributed by atoms with Gasteiger partial charge in [0.2, 0.25) is 0 Å². The van der Waals surface area contributed by atoms with Crippen molar-refractivity contribution in [3.8, 4) is 0 Å². The molecule has 0 heterocycles. The minimum atomic E-state index is -4.64. The lowest BCUT2D eigenvalue weighted by Crippen LogP contribution is -2.13. The zero-order chi connectivity index (χ0) is 12.9. The average Bonchev–Trinajstić information content (AvgIpc) is 1.76. The van der Waals surface area contributed by atoms with Gasteiger partial charge in [-0.05, 0) is 5.41 Å². The number of phosphoric acid groups is 2. The monoisotopic (exact) mass is 266 g/mol. The van der Waals surface area contributed by atoms with Gasteiger partial charge in [0.1, 0.15) is 0 Å². The van der Waals surface area contributed by atoms with Gasteiger partial charge in [0.25, 0.3) is 0 Å². The second-order valence-electron chi connectivity index (χ2n) is 3.84. The summed E-state index contributed by atoms with van der Waals surface area (Å²) < 4.78 is 23.3. The van der Waals surface area contributed by atoms with Crippen molar-refractivity contribution in [3.63, 3.8) is 0 Å². The Bertz CT molecular complexity index is 248. The van der Waals surface area contributed by atoms with Crippen molar-refractivity contribution in [2.24, 2.45) is 5.41 Å². The molecular formula is C5H16O8P2. The number of rotatable bonds is 2. The van der Waals surface area contributed by atoms with Crippen LogP contribution in [0.5, 0.6) is 0 Å². The van der Waals surface area contributed by atoms with E-state index in [0.717, 1.165) is 0 Å². The maximum absolute atomic E-state index is 10.2. The largest absolute Gasteiger partial charge is 0.469 e. The molecule has 0 aliphatic heterocycles. The van der Waals surface area contributed by atoms with Crippen LogP contribution in [0.4, 0.5) is 0 Å². The Kier molecular flexibility index (Phi) is 7.14. The third kappa shape index (κ3) is 40.7. The summed E-state index contributed by atoms with van der Waals surface area (Å²) in [6.07, 6.45) is 0. The standard InChI is InChI=1S/C5H13O4P.H3O4P/c1-5(2,3)4-9-10(6,7)8;1-5(2,3)4/h4H2,1-3H3,(H2,6,7,8);(H3,1,2,3,4). The summed E-state index contributed by atoms with van der Waals surface area (Å²) in [4.78, 5) is 38.1. The SMILES string of the molecule is CC(C)(C)COP(=O)(O)O.O=P(O)(O)O. The molecular weight excluding hydrogens is 250 g/mol. The number of hydrogen-bond donors (Lipinski definition) is 5. The Morgan fingerprint density at radius 1 is 1.00 bits per heavy atom. The first-order chi connectivity index (χ1) is 6.21. The number of phosphoric ester groups is 1. The smallest absolute Gasteiger partial charge is 0.303 e. The fraction of sp³-hybridized carbons (Fsp3) is 1.00. The summed E-state index contributed by atoms with van der Waals surface area (Å²) in [6, 6.07) is 0. The van der Waals surface area contributed by atoms with Gasteiger partial charge in [-0.15, -0.1) is 0 Å². The molecule has 0 aliphatic carbocycles. The fourth-order valence-electron chi connectivity index (χ4n) is 0.278. The topological polar surface area (TPSA) is 145 Å². The first-order valence-electron chi connectivity index (χ1n) is 3.69. The highest BCUT2D eigenvalue weighted by atomic mass is 31.2. The van der Waals surface area contributed by atoms with Crippen molar-refractivity contribution < 1.29 is 38.1 Å². The molecule has 0 aromatic carbocycles. The molecule has 5 N–H and O–H groups in total. The van der Waals surface area contributed by atoms with E-state index in [1.165, 1.54) is 0 Å². The predicted molar refractivity (Wildman–Crippen MR) is 51.7 cm³/mol. The van der Waals surface area contributed by atoms with Gasteiger partial charge in [0, 0.05) is 0 Å². The average molecular weight is 266 g/mol. The van der Waals surface area contributed by atoms with E-state index in [4.69, 9.17) is 29.0 Å². The maximum Gasteiger partial charge on any atom is 0.469 e. The molecule has 0 saturated carbocycles. The lowest BCUT2D eigenvalue weighted by atomic mass is 9.99. The summed E-state index contributed by atoms with van der Waals surface area (Å²) in [6.45, 7) is 5.57. The zero-order valence-electron chi connectivity index (χ0n) is 8.56. The molecule has 10 heteroatoms. The Morgan fingerprint density at radius 2 is 1.27 bits per heavy atom. The van der Waals surface area contributed by atoms with Gasteiger partial charge in [0.15, 0.2) is 0 Å². The second kappa shape index (κ2) is 6.08. The molecule has 0 bridgehead atoms. The van der Waals surface area contributed by atoms with Crippen molar-refractivity contribution in [3.05, 3.63) is 0 Å². The molecule has 0 spiro atoms. The summed E-state index contributed by atoms with van der Waals surface area (Å²) in [5.41, 5.74) is -0.207. The van der Waals surface area contributed by atoms with Crippen LogP contribution in [0, 0.1) is 5.41 Å². The summed E-state index contributed by atoms with van der Waals surface area (Å²) in [7, 11) is -8.90. The Hall–Kier alpha value is 0.220. The van der Waals surface area contributed by atoms with Crippen molar-refractivity contribution in [2.75, 3.05) is 6.61 Å². The molecule has 15 heavy (non-hydrogen) atoms. The Balaban J connectivity index is 0. The van der Waals surface area contributed by atoms with E-state index < -0.39 is 15.6 Å². The van der Waals surface area contributed by atoms with Crippen LogP contribution in [0.3, 0.4) is 0 Å². The minimum Gasteiger partial charge on any atom is -0.303 e. The Morgan fingerprint density at radius 3 is 1.33 bits per heavy atom. The lowest BCUT2D eigenvalue weighted by molar-refractivity contribution is 0.139. The summed E-state index contributed by atoms with van der Waals surface area (Å²) in [5, 5.41) is 0. The molecule has 0 radical (unpaired) electrons. The van der Waals surface area contributed by atoms with Crippen molar-refractivity contribution in [2.45, 2.75) is 20.8 Å². The number of hydrogen-bond acceptors (Lipinski definition) is 3. The molecule has 0 aromatic heterocycles. The lowest BCUT2D eigenvalue weighted by Gasteiger charge is -2.17. The van der Waals surface area contributed by atoms with Gasteiger partial charge in [-0.3, -0.25) is 4.52 Å². The molecule has 0 fully saturated rings. The minimum absolute atomic E-state index is 0.0667. The normalized spacial score (nSPS) is 13.1. The molecule has 94 valence electrons. The Labute approximate surface area is 87.4 Å². The van der Waals surface area contributed by atoms with Crippen molar-refractivity contribution >= 4 is 15.6 Å². The van der Waals surface area contributed by atoms with E-state index in [1.54, 1.807) is 0 Å². The van der Waals surface area contributed by atoms with E-state index >= 15 is 0 Å². The second-order valence-corrected chi connectivity index (χ2v) is 6.10. The summed E-state index contributed by atoms with van der Waals surface area (Å²) in [5.74, 6) is 0. The van der Waals surface area contributed by atoms with Gasteiger partial charge in [0.05, 0.1) is 6.61 Å². The van der Waals surface area contributed by atoms with Crippen molar-refractivity contribution in [1.29, 1.82) is 0 Å². The van der Waals surface area contributed by atoms with E-state index in [-0.39, 0.29) is 12.0 Å². The third-order valence-corrected chi connectivity index (χ3v) is 1.13. The highest BCUT2D eigenvalue weighted by Crippen LogP contribution is 2.37. The van der Waals surface area contributed by atoms with Crippen molar-refractivity contribution in [1.82, 2.24) is 0 Å². The third-order valence-electron chi connectivity index (χ3n) is 0.666. The van der Waals surface area contributed by atoms with Gasteiger partial charge in [-0.25, -0.2) is 9.13 Å². The zero-order valence-corrected chi connectivity index (χ0v) is 10.4. The highest BCUT2D eigenvalue weighted by molar-refractivity contribution is 7.46. The quantitative estimate of drug-likeness (QED) is 0.446. The van der Waals surface area contributed by atoms with E-state index in [1.807, 2.05) is 20.8 Å². The fourth-order valence-corrected chi connectivity index (χ4v) is 0.833. The van der Waals surface area contributed by atoms with Gasteiger partial charge in [-0.1, -0.05) is 20.8 Å². The van der Waals surface area contributed by atoms with Crippen LogP contribution in [-0.2, 0) is 13.7 Å². The van der Waals surface area contributed by atoms with Crippen LogP contribution in [0.2, 0.25) is 0 Å². The van der Waals surface area contributed by atoms with Crippen LogP contribution in [0.1, 0.15) is 20.8 Å². The van der Waals surface area contributed by atoms with E-state index in [2.05, 4.69) is 4.52 Å². The first kappa shape index (κ1) is 17.6. The molecule has 0 atom stereocenters. The molecule has 0 amide bonds. The maximum atomic E-state index is 10.2. The molecule has 0 unspecified atom stereocenters.